The molecule has 0 radical (unpaired) electrons. The molecule has 1 aromatic heterocycles. The fourth-order valence-corrected chi connectivity index (χ4v) is 2.01. The van der Waals surface area contributed by atoms with Gasteiger partial charge in [-0.2, -0.15) is 0 Å². The summed E-state index contributed by atoms with van der Waals surface area (Å²) in [6, 6.07) is 13.8. The van der Waals surface area contributed by atoms with Crippen LogP contribution < -0.4 is 0 Å². The summed E-state index contributed by atoms with van der Waals surface area (Å²) in [5.41, 5.74) is 4.84. The van der Waals surface area contributed by atoms with Crippen molar-refractivity contribution >= 4 is 22.6 Å². The van der Waals surface area contributed by atoms with E-state index in [2.05, 4.69) is 41.2 Å². The van der Waals surface area contributed by atoms with Gasteiger partial charge in [-0.15, -0.1) is 0 Å². The van der Waals surface area contributed by atoms with E-state index in [1.54, 1.807) is 6.20 Å². The van der Waals surface area contributed by atoms with Gasteiger partial charge in [-0.3, -0.25) is 4.98 Å². The minimum Gasteiger partial charge on any atom is -0.252 e. The number of aryl methyl sites for hydroxylation is 1. The number of nitrogens with zero attached hydrogens (tertiary/aromatic N) is 2. The van der Waals surface area contributed by atoms with E-state index in [0.717, 1.165) is 22.3 Å². The molecule has 0 saturated heterocycles. The van der Waals surface area contributed by atoms with Gasteiger partial charge >= 0.3 is 0 Å². The molecule has 88 valence electrons. The summed E-state index contributed by atoms with van der Waals surface area (Å²) in [6.45, 7) is 2.07. The van der Waals surface area contributed by atoms with Crippen molar-refractivity contribution in [1.29, 1.82) is 0 Å². The molecule has 18 heavy (non-hydrogen) atoms. The Bertz CT molecular complexity index is 705. The second-order valence-electron chi connectivity index (χ2n) is 4.25. The Morgan fingerprint density at radius 2 is 1.72 bits per heavy atom. The molecule has 0 aliphatic heterocycles. The van der Waals surface area contributed by atoms with Crippen LogP contribution in [0.4, 0.5) is 0 Å². The maximum absolute atomic E-state index is 5.97. The van der Waals surface area contributed by atoms with Crippen molar-refractivity contribution in [3.05, 3.63) is 59.2 Å². The van der Waals surface area contributed by atoms with Crippen molar-refractivity contribution in [2.45, 2.75) is 6.92 Å². The number of rotatable bonds is 1. The summed E-state index contributed by atoms with van der Waals surface area (Å²) in [4.78, 5) is 8.99. The van der Waals surface area contributed by atoms with Crippen LogP contribution in [-0.4, -0.2) is 9.97 Å². The third-order valence-corrected chi connectivity index (χ3v) is 3.09. The zero-order valence-electron chi connectivity index (χ0n) is 9.89. The molecule has 0 bridgehead atoms. The quantitative estimate of drug-likeness (QED) is 0.648. The van der Waals surface area contributed by atoms with Crippen LogP contribution in [0.3, 0.4) is 0 Å². The van der Waals surface area contributed by atoms with Crippen molar-refractivity contribution in [3.8, 4) is 11.3 Å². The van der Waals surface area contributed by atoms with Crippen molar-refractivity contribution in [2.24, 2.45) is 0 Å². The highest BCUT2D eigenvalue weighted by molar-refractivity contribution is 6.31. The zero-order chi connectivity index (χ0) is 12.5. The zero-order valence-corrected chi connectivity index (χ0v) is 10.6. The summed E-state index contributed by atoms with van der Waals surface area (Å²) in [7, 11) is 0. The number of fused-ring (bicyclic) bond motifs is 1. The van der Waals surface area contributed by atoms with Gasteiger partial charge in [-0.25, -0.2) is 4.98 Å². The molecule has 0 unspecified atom stereocenters. The van der Waals surface area contributed by atoms with Gasteiger partial charge in [-0.1, -0.05) is 41.4 Å². The normalized spacial score (nSPS) is 10.8. The number of aromatic nitrogens is 2. The van der Waals surface area contributed by atoms with E-state index in [9.17, 15) is 0 Å². The third kappa shape index (κ3) is 2.07. The van der Waals surface area contributed by atoms with Gasteiger partial charge in [0.15, 0.2) is 0 Å². The highest BCUT2D eigenvalue weighted by atomic mass is 35.5. The summed E-state index contributed by atoms with van der Waals surface area (Å²) in [5.74, 6) is 0. The molecular weight excluding hydrogens is 244 g/mol. The van der Waals surface area contributed by atoms with E-state index in [1.807, 2.05) is 18.2 Å². The molecule has 3 aromatic rings. The molecule has 0 aliphatic rings. The van der Waals surface area contributed by atoms with Gasteiger partial charge in [0.25, 0.3) is 0 Å². The predicted molar refractivity (Wildman–Crippen MR) is 74.7 cm³/mol. The minimum absolute atomic E-state index is 0.679. The van der Waals surface area contributed by atoms with Crippen molar-refractivity contribution in [3.63, 3.8) is 0 Å². The Labute approximate surface area is 110 Å². The van der Waals surface area contributed by atoms with E-state index in [0.29, 0.717) is 5.02 Å². The maximum atomic E-state index is 5.97. The van der Waals surface area contributed by atoms with E-state index in [-0.39, 0.29) is 0 Å². The van der Waals surface area contributed by atoms with Gasteiger partial charge in [0.05, 0.1) is 22.9 Å². The molecule has 0 fully saturated rings. The molecule has 3 heteroatoms. The molecule has 0 N–H and O–H groups in total. The van der Waals surface area contributed by atoms with Crippen LogP contribution in [0.25, 0.3) is 22.3 Å². The highest BCUT2D eigenvalue weighted by Gasteiger charge is 2.03. The lowest BCUT2D eigenvalue weighted by Gasteiger charge is -2.03. The van der Waals surface area contributed by atoms with Crippen LogP contribution >= 0.6 is 11.6 Å². The number of benzene rings is 2. The van der Waals surface area contributed by atoms with E-state index in [1.165, 1.54) is 5.56 Å². The second kappa shape index (κ2) is 4.39. The lowest BCUT2D eigenvalue weighted by atomic mass is 10.1. The van der Waals surface area contributed by atoms with E-state index in [4.69, 9.17) is 11.6 Å². The minimum atomic E-state index is 0.679. The molecular formula is C15H11ClN2. The first kappa shape index (κ1) is 11.2. The van der Waals surface area contributed by atoms with Gasteiger partial charge in [0.1, 0.15) is 0 Å². The van der Waals surface area contributed by atoms with Crippen LogP contribution in [0.1, 0.15) is 5.56 Å². The Morgan fingerprint density at radius 1 is 0.944 bits per heavy atom. The van der Waals surface area contributed by atoms with Crippen molar-refractivity contribution in [1.82, 2.24) is 9.97 Å². The summed E-state index contributed by atoms with van der Waals surface area (Å²) < 4.78 is 0. The molecule has 1 heterocycles. The van der Waals surface area contributed by atoms with E-state index >= 15 is 0 Å². The van der Waals surface area contributed by atoms with Crippen LogP contribution in [0.5, 0.6) is 0 Å². The number of hydrogen-bond acceptors (Lipinski definition) is 2. The molecule has 2 aromatic carbocycles. The molecule has 0 atom stereocenters. The molecule has 2 nitrogen and oxygen atoms in total. The molecule has 0 aliphatic carbocycles. The van der Waals surface area contributed by atoms with Gasteiger partial charge < -0.3 is 0 Å². The van der Waals surface area contributed by atoms with Gasteiger partial charge in [-0.05, 0) is 25.1 Å². The number of hydrogen-bond donors (Lipinski definition) is 0. The average molecular weight is 255 g/mol. The first-order chi connectivity index (χ1) is 8.72. The van der Waals surface area contributed by atoms with Crippen molar-refractivity contribution in [2.75, 3.05) is 0 Å². The van der Waals surface area contributed by atoms with Crippen LogP contribution in [-0.2, 0) is 0 Å². The van der Waals surface area contributed by atoms with Gasteiger partial charge in [0, 0.05) is 10.6 Å². The van der Waals surface area contributed by atoms with Crippen LogP contribution in [0.15, 0.2) is 48.7 Å². The van der Waals surface area contributed by atoms with E-state index < -0.39 is 0 Å². The SMILES string of the molecule is Cc1ccc(-c2cnc3ccc(Cl)cc3n2)cc1. The number of halogens is 1. The fraction of sp³-hybridized carbons (Fsp3) is 0.0667. The lowest BCUT2D eigenvalue weighted by Crippen LogP contribution is -1.88. The monoisotopic (exact) mass is 254 g/mol. The Balaban J connectivity index is 2.15. The first-order valence-corrected chi connectivity index (χ1v) is 6.09. The predicted octanol–water partition coefficient (Wildman–Crippen LogP) is 4.26. The molecule has 0 amide bonds. The standard InChI is InChI=1S/C15H11ClN2/c1-10-2-4-11(5-3-10)15-9-17-13-7-6-12(16)8-14(13)18-15/h2-9H,1H3. The molecule has 0 spiro atoms. The summed E-state index contributed by atoms with van der Waals surface area (Å²) >= 11 is 5.97. The largest absolute Gasteiger partial charge is 0.252 e. The topological polar surface area (TPSA) is 25.8 Å². The third-order valence-electron chi connectivity index (χ3n) is 2.85. The van der Waals surface area contributed by atoms with Crippen molar-refractivity contribution < 1.29 is 0 Å². The Kier molecular flexibility index (Phi) is 2.73. The fourth-order valence-electron chi connectivity index (χ4n) is 1.85. The smallest absolute Gasteiger partial charge is 0.0909 e. The first-order valence-electron chi connectivity index (χ1n) is 5.72. The molecule has 0 saturated carbocycles. The Morgan fingerprint density at radius 3 is 2.50 bits per heavy atom. The summed E-state index contributed by atoms with van der Waals surface area (Å²) in [6.07, 6.45) is 1.79. The average Bonchev–Trinajstić information content (AvgIpc) is 2.38. The molecule has 3 rings (SSSR count). The second-order valence-corrected chi connectivity index (χ2v) is 4.69. The maximum Gasteiger partial charge on any atom is 0.0909 e. The van der Waals surface area contributed by atoms with Crippen LogP contribution in [0, 0.1) is 6.92 Å². The van der Waals surface area contributed by atoms with Gasteiger partial charge in [0.2, 0.25) is 0 Å². The van der Waals surface area contributed by atoms with Crippen LogP contribution in [0.2, 0.25) is 5.02 Å². The Hall–Kier alpha value is -1.93. The lowest BCUT2D eigenvalue weighted by molar-refractivity contribution is 1.29. The highest BCUT2D eigenvalue weighted by Crippen LogP contribution is 2.21. The summed E-state index contributed by atoms with van der Waals surface area (Å²) in [5, 5.41) is 0.679.